The number of halogens is 1. The molecule has 0 radical (unpaired) electrons. The van der Waals surface area contributed by atoms with Crippen LogP contribution in [0.2, 0.25) is 5.02 Å². The molecule has 6 nitrogen and oxygen atoms in total. The Labute approximate surface area is 156 Å². The molecule has 0 aliphatic rings. The van der Waals surface area contributed by atoms with Crippen LogP contribution in [0.3, 0.4) is 0 Å². The maximum Gasteiger partial charge on any atom is 0.137 e. The first-order valence-corrected chi connectivity index (χ1v) is 8.19. The molecule has 2 aromatic carbocycles. The molecule has 7 heteroatoms. The number of aromatic nitrogens is 2. The van der Waals surface area contributed by atoms with E-state index in [4.69, 9.17) is 16.3 Å². The lowest BCUT2D eigenvalue weighted by atomic mass is 10.2. The molecule has 0 spiro atoms. The maximum absolute atomic E-state index is 9.21. The second-order valence-corrected chi connectivity index (χ2v) is 5.85. The summed E-state index contributed by atoms with van der Waals surface area (Å²) in [5.41, 5.74) is 2.00. The zero-order chi connectivity index (χ0) is 18.5. The number of nitriles is 1. The van der Waals surface area contributed by atoms with E-state index in [2.05, 4.69) is 26.7 Å². The van der Waals surface area contributed by atoms with Crippen LogP contribution in [-0.4, -0.2) is 17.1 Å². The molecule has 26 heavy (non-hydrogen) atoms. The minimum absolute atomic E-state index is 0.504. The monoisotopic (exact) mass is 365 g/mol. The van der Waals surface area contributed by atoms with Crippen LogP contribution in [0.25, 0.3) is 0 Å². The fraction of sp³-hybridized carbons (Fsp3) is 0.105. The first-order chi connectivity index (χ1) is 12.6. The molecule has 0 aliphatic heterocycles. The van der Waals surface area contributed by atoms with Gasteiger partial charge in [-0.3, -0.25) is 0 Å². The Bertz CT molecular complexity index is 984. The van der Waals surface area contributed by atoms with Gasteiger partial charge in [0.1, 0.15) is 29.3 Å². The van der Waals surface area contributed by atoms with Crippen molar-refractivity contribution < 1.29 is 4.74 Å². The Morgan fingerprint density at radius 3 is 2.46 bits per heavy atom. The molecular formula is C19H16ClN5O. The average molecular weight is 366 g/mol. The molecule has 3 aromatic rings. The van der Waals surface area contributed by atoms with Gasteiger partial charge >= 0.3 is 0 Å². The molecule has 0 saturated carbocycles. The third-order valence-electron chi connectivity index (χ3n) is 3.57. The van der Waals surface area contributed by atoms with E-state index in [1.165, 1.54) is 0 Å². The number of ether oxygens (including phenoxy) is 1. The number of anilines is 4. The molecule has 0 atom stereocenters. The lowest BCUT2D eigenvalue weighted by Crippen LogP contribution is -2.02. The van der Waals surface area contributed by atoms with E-state index in [0.29, 0.717) is 39.5 Å². The molecule has 130 valence electrons. The van der Waals surface area contributed by atoms with Crippen LogP contribution in [-0.2, 0) is 0 Å². The largest absolute Gasteiger partial charge is 0.495 e. The first kappa shape index (κ1) is 17.5. The van der Waals surface area contributed by atoms with Gasteiger partial charge in [0.05, 0.1) is 23.4 Å². The van der Waals surface area contributed by atoms with Crippen LogP contribution >= 0.6 is 11.6 Å². The Morgan fingerprint density at radius 1 is 1.04 bits per heavy atom. The Hall–Kier alpha value is -3.30. The van der Waals surface area contributed by atoms with E-state index in [9.17, 15) is 5.26 Å². The van der Waals surface area contributed by atoms with E-state index in [0.717, 1.165) is 5.69 Å². The van der Waals surface area contributed by atoms with Crippen molar-refractivity contribution in [2.45, 2.75) is 6.92 Å². The van der Waals surface area contributed by atoms with Gasteiger partial charge in [-0.05, 0) is 37.3 Å². The summed E-state index contributed by atoms with van der Waals surface area (Å²) in [6.07, 6.45) is 0. The SMILES string of the molecule is COc1ccc(Nc2cc(Nc3ccccc3C#N)nc(C)n2)cc1Cl. The molecule has 0 saturated heterocycles. The zero-order valence-corrected chi connectivity index (χ0v) is 15.0. The Kier molecular flexibility index (Phi) is 5.20. The van der Waals surface area contributed by atoms with Gasteiger partial charge in [0.25, 0.3) is 0 Å². The highest BCUT2D eigenvalue weighted by Crippen LogP contribution is 2.29. The third-order valence-corrected chi connectivity index (χ3v) is 3.87. The van der Waals surface area contributed by atoms with Crippen molar-refractivity contribution in [2.75, 3.05) is 17.7 Å². The molecule has 0 unspecified atom stereocenters. The van der Waals surface area contributed by atoms with Gasteiger partial charge in [-0.25, -0.2) is 9.97 Å². The van der Waals surface area contributed by atoms with Gasteiger partial charge in [-0.1, -0.05) is 23.7 Å². The molecule has 1 heterocycles. The lowest BCUT2D eigenvalue weighted by Gasteiger charge is -2.12. The van der Waals surface area contributed by atoms with Crippen molar-refractivity contribution in [3.05, 3.63) is 64.9 Å². The van der Waals surface area contributed by atoms with E-state index in [1.807, 2.05) is 24.3 Å². The lowest BCUT2D eigenvalue weighted by molar-refractivity contribution is 0.415. The molecule has 0 bridgehead atoms. The van der Waals surface area contributed by atoms with Gasteiger partial charge in [-0.15, -0.1) is 0 Å². The summed E-state index contributed by atoms with van der Waals surface area (Å²) in [6, 6.07) is 16.5. The normalized spacial score (nSPS) is 10.1. The summed E-state index contributed by atoms with van der Waals surface area (Å²) in [4.78, 5) is 8.76. The summed E-state index contributed by atoms with van der Waals surface area (Å²) in [5, 5.41) is 16.1. The number of methoxy groups -OCH3 is 1. The third kappa shape index (κ3) is 4.02. The number of benzene rings is 2. The number of hydrogen-bond acceptors (Lipinski definition) is 6. The van der Waals surface area contributed by atoms with Crippen LogP contribution in [0.15, 0.2) is 48.5 Å². The highest BCUT2D eigenvalue weighted by Gasteiger charge is 2.07. The van der Waals surface area contributed by atoms with Gasteiger partial charge in [0.15, 0.2) is 0 Å². The van der Waals surface area contributed by atoms with Gasteiger partial charge in [0.2, 0.25) is 0 Å². The molecule has 1 aromatic heterocycles. The fourth-order valence-electron chi connectivity index (χ4n) is 2.42. The summed E-state index contributed by atoms with van der Waals surface area (Å²) in [7, 11) is 1.57. The summed E-state index contributed by atoms with van der Waals surface area (Å²) in [6.45, 7) is 1.80. The van der Waals surface area contributed by atoms with Crippen molar-refractivity contribution in [2.24, 2.45) is 0 Å². The highest BCUT2D eigenvalue weighted by molar-refractivity contribution is 6.32. The quantitative estimate of drug-likeness (QED) is 0.675. The number of para-hydroxylation sites is 1. The molecule has 0 amide bonds. The van der Waals surface area contributed by atoms with Crippen molar-refractivity contribution in [3.63, 3.8) is 0 Å². The van der Waals surface area contributed by atoms with Crippen LogP contribution in [0.4, 0.5) is 23.0 Å². The second kappa shape index (κ2) is 7.72. The van der Waals surface area contributed by atoms with Gasteiger partial charge in [-0.2, -0.15) is 5.26 Å². The number of nitrogens with zero attached hydrogens (tertiary/aromatic N) is 3. The van der Waals surface area contributed by atoms with Crippen molar-refractivity contribution in [3.8, 4) is 11.8 Å². The van der Waals surface area contributed by atoms with E-state index < -0.39 is 0 Å². The van der Waals surface area contributed by atoms with Crippen molar-refractivity contribution in [1.29, 1.82) is 5.26 Å². The van der Waals surface area contributed by atoms with Crippen molar-refractivity contribution in [1.82, 2.24) is 9.97 Å². The Morgan fingerprint density at radius 2 is 1.77 bits per heavy atom. The Balaban J connectivity index is 1.86. The predicted molar refractivity (Wildman–Crippen MR) is 102 cm³/mol. The van der Waals surface area contributed by atoms with Crippen LogP contribution in [0.5, 0.6) is 5.75 Å². The smallest absolute Gasteiger partial charge is 0.137 e. The van der Waals surface area contributed by atoms with Gasteiger partial charge in [0, 0.05) is 11.8 Å². The number of hydrogen-bond donors (Lipinski definition) is 2. The number of rotatable bonds is 5. The summed E-state index contributed by atoms with van der Waals surface area (Å²) >= 11 is 6.16. The molecule has 3 rings (SSSR count). The topological polar surface area (TPSA) is 82.9 Å². The standard InChI is InChI=1S/C19H16ClN5O/c1-12-22-18(24-14-7-8-17(26-2)15(20)9-14)10-19(23-12)25-16-6-4-3-5-13(16)11-21/h3-10H,1-2H3,(H2,22,23,24,25). The van der Waals surface area contributed by atoms with E-state index in [-0.39, 0.29) is 0 Å². The van der Waals surface area contributed by atoms with Crippen LogP contribution in [0.1, 0.15) is 11.4 Å². The van der Waals surface area contributed by atoms with Gasteiger partial charge < -0.3 is 15.4 Å². The molecule has 2 N–H and O–H groups in total. The molecule has 0 aliphatic carbocycles. The predicted octanol–water partition coefficient (Wildman–Crippen LogP) is 4.81. The minimum atomic E-state index is 0.504. The summed E-state index contributed by atoms with van der Waals surface area (Å²) in [5.74, 6) is 2.39. The molecule has 0 fully saturated rings. The maximum atomic E-state index is 9.21. The molecular weight excluding hydrogens is 350 g/mol. The van der Waals surface area contributed by atoms with E-state index in [1.54, 1.807) is 38.3 Å². The number of nitrogens with one attached hydrogen (secondary N) is 2. The fourth-order valence-corrected chi connectivity index (χ4v) is 2.67. The van der Waals surface area contributed by atoms with E-state index >= 15 is 0 Å². The highest BCUT2D eigenvalue weighted by atomic mass is 35.5. The number of aryl methyl sites for hydroxylation is 1. The second-order valence-electron chi connectivity index (χ2n) is 5.44. The zero-order valence-electron chi connectivity index (χ0n) is 14.2. The van der Waals surface area contributed by atoms with Crippen molar-refractivity contribution >= 4 is 34.6 Å². The van der Waals surface area contributed by atoms with Crippen LogP contribution in [0, 0.1) is 18.3 Å². The minimum Gasteiger partial charge on any atom is -0.495 e. The first-order valence-electron chi connectivity index (χ1n) is 7.81. The summed E-state index contributed by atoms with van der Waals surface area (Å²) < 4.78 is 5.15. The average Bonchev–Trinajstić information content (AvgIpc) is 2.62. The van der Waals surface area contributed by atoms with Crippen LogP contribution < -0.4 is 15.4 Å².